The van der Waals surface area contributed by atoms with Gasteiger partial charge in [-0.15, -0.1) is 0 Å². The molecule has 52 nitrogen and oxygen atoms in total. The Morgan fingerprint density at radius 1 is 0.533 bits per heavy atom. The summed E-state index contributed by atoms with van der Waals surface area (Å²) in [6.45, 7) is -1.74. The Hall–Kier alpha value is -2.52. The minimum Gasteiger partial charge on any atom is -0.387 e. The predicted molar refractivity (Wildman–Crippen MR) is 277 cm³/mol. The van der Waals surface area contributed by atoms with E-state index < -0.39 is 193 Å². The molecule has 3 saturated heterocycles. The summed E-state index contributed by atoms with van der Waals surface area (Å²) in [6.07, 6.45) is -16.6. The van der Waals surface area contributed by atoms with Crippen LogP contribution >= 0.6 is 86.3 Å². The van der Waals surface area contributed by atoms with Gasteiger partial charge in [0.15, 0.2) is 12.5 Å². The van der Waals surface area contributed by atoms with Crippen molar-refractivity contribution in [3.8, 4) is 0 Å². The first-order chi connectivity index (χ1) is 40.6. The number of anilines is 2. The number of aromatic nitrogens is 4. The highest BCUT2D eigenvalue weighted by molar-refractivity contribution is 9.10. The van der Waals surface area contributed by atoms with Gasteiger partial charge in [-0.2, -0.15) is 51.0 Å². The van der Waals surface area contributed by atoms with Gasteiger partial charge in [-0.05, 0) is 28.9 Å². The molecule has 2 aromatic heterocycles. The van der Waals surface area contributed by atoms with Crippen molar-refractivity contribution in [1.82, 2.24) is 24.1 Å². The summed E-state index contributed by atoms with van der Waals surface area (Å²) in [5, 5.41) is 60.5. The lowest BCUT2D eigenvalue weighted by atomic mass is 10.1. The summed E-state index contributed by atoms with van der Waals surface area (Å²) in [5.41, 5.74) is 8.88. The molecule has 10 unspecified atom stereocenters. The highest BCUT2D eigenvalue weighted by Crippen LogP contribution is 2.68. The van der Waals surface area contributed by atoms with Crippen molar-refractivity contribution in [3.05, 3.63) is 43.9 Å². The predicted octanol–water partition coefficient (Wildman–Crippen LogP) is -6.33. The molecule has 4 aliphatic rings. The molecule has 3 amide bonds. The molecule has 0 saturated carbocycles. The minimum atomic E-state index is -5.75. The van der Waals surface area contributed by atoms with Crippen molar-refractivity contribution in [2.24, 2.45) is 11.8 Å². The normalized spacial score (nSPS) is 30.7. The van der Waals surface area contributed by atoms with E-state index in [-0.39, 0.29) is 21.1 Å². The van der Waals surface area contributed by atoms with E-state index in [1.165, 1.54) is 13.0 Å². The molecule has 6 heterocycles. The van der Waals surface area contributed by atoms with Gasteiger partial charge in [-0.1, -0.05) is 5.01 Å². The Balaban J connectivity index is 0.000000288. The first-order valence-electron chi connectivity index (χ1n) is 22.6. The highest BCUT2D eigenvalue weighted by atomic mass is 79.9. The molecule has 4 aliphatic heterocycles. The number of nitrogen functional groups attached to an aromatic ring is 2. The van der Waals surface area contributed by atoms with Gasteiger partial charge < -0.3 is 115 Å². The first-order valence-corrected chi connectivity index (χ1v) is 37.0. The number of urea groups is 1. The SMILES string of the molecule is CC1C=[N+]([C@@H]2O[C@H](COP(=O)(O)OP(=O)(O)OP(=O)(O)O)C(O)[C@@H]2O)C(=O)N(N)C1=O.Nc1ccn([C@@H]2O[C@H](COP(=O)(O)OP(=O)(O)OP(=O)(O)O)C(O)[C@@H]2O)c(=O)n1.Nc1nc(=O)n([C@@H]2O[C@H](COP(=O)(O)OP(=O)(O)OP(=O)(O)O)C(O)[C@@H]2O)cc1Br. The molecule has 0 spiro atoms. The monoisotopic (exact) mass is 1560 g/mol. The molecule has 62 heteroatoms. The quantitative estimate of drug-likeness (QED) is 0.0201. The second-order valence-corrected chi connectivity index (χ2v) is 31.5. The van der Waals surface area contributed by atoms with Gasteiger partial charge in [-0.3, -0.25) is 22.7 Å². The van der Waals surface area contributed by atoms with Crippen molar-refractivity contribution in [1.29, 1.82) is 0 Å². The van der Waals surface area contributed by atoms with Gasteiger partial charge in [0.1, 0.15) is 72.5 Å². The maximum Gasteiger partial charge on any atom is 0.521 e. The fourth-order valence-corrected chi connectivity index (χ4v) is 16.4. The van der Waals surface area contributed by atoms with E-state index >= 15 is 0 Å². The van der Waals surface area contributed by atoms with Gasteiger partial charge in [0.05, 0.1) is 30.5 Å². The third-order valence-corrected chi connectivity index (χ3v) is 22.5. The van der Waals surface area contributed by atoms with Gasteiger partial charge >= 0.3 is 93.7 Å². The largest absolute Gasteiger partial charge is 0.521 e. The van der Waals surface area contributed by atoms with Crippen molar-refractivity contribution in [2.45, 2.75) is 80.5 Å². The number of nitrogens with zero attached hydrogens (tertiary/aromatic N) is 6. The third kappa shape index (κ3) is 23.7. The number of hydrogen-bond donors (Lipinski definition) is 21. The standard InChI is InChI=1S/C10H18N3O15P3.C9H15BrN3O14P3.C9H16N3O14P3/c1-4-2-12(10(17)13(11)8(4)16)9-7(15)6(14)5(26-9)3-25-30(21,22)28-31(23,24)27-29(18,19)20;10-3-1-13(9(16)12-7(3)11)8-6(15)5(14)4(25-8)2-24-29(20,21)27-30(22,23)26-28(17,18)19;10-5-1-2-12(9(15)11-5)8-7(14)6(13)4(24-8)3-23-28(19,20)26-29(21,22)25-27(16,17)18/h2,4-7,9,14-15H,3,11H2,1H3,(H3-,18,19,20,21,22,23,24);1,4-6,8,14-15H,2H2,(H,20,21)(H,22,23)(H2,11,12,16)(H2,17,18,19);1-2,4,6-8,13-14H,3H2,(H,19,20)(H,21,22)(H2,10,11,15)(H2,16,17,18)/p+1/t4?,5-,6?,7+,9-;4-,5?,6+,8-;4-,6?,7+,8-/m111/s1. The number of aliphatic hydroxyl groups is 6. The zero-order chi connectivity index (χ0) is 69.2. The van der Waals surface area contributed by atoms with Crippen LogP contribution < -0.4 is 28.7 Å². The summed E-state index contributed by atoms with van der Waals surface area (Å²) in [5.74, 6) is 3.42. The highest BCUT2D eigenvalue weighted by Gasteiger charge is 2.54. The maximum absolute atomic E-state index is 12.1. The molecule has 90 heavy (non-hydrogen) atoms. The van der Waals surface area contributed by atoms with Gasteiger partial charge in [-0.25, -0.2) is 55.5 Å². The number of phosphoric acid groups is 9. The smallest absolute Gasteiger partial charge is 0.387 e. The number of rotatable bonds is 24. The van der Waals surface area contributed by atoms with Crippen molar-refractivity contribution < 1.29 is 198 Å². The van der Waals surface area contributed by atoms with Crippen LogP contribution in [-0.4, -0.2) is 217 Å². The molecule has 6 rings (SSSR count). The Bertz CT molecular complexity index is 3580. The average molecular weight is 1560 g/mol. The van der Waals surface area contributed by atoms with Crippen molar-refractivity contribution in [3.63, 3.8) is 0 Å². The minimum absolute atomic E-state index is 0.122. The molecule has 0 aromatic carbocycles. The molecule has 516 valence electrons. The van der Waals surface area contributed by atoms with Crippen LogP contribution in [0.25, 0.3) is 0 Å². The van der Waals surface area contributed by atoms with Gasteiger partial charge in [0.2, 0.25) is 6.23 Å². The molecule has 0 aliphatic carbocycles. The second-order valence-electron chi connectivity index (χ2n) is 17.3. The van der Waals surface area contributed by atoms with Crippen LogP contribution in [0.1, 0.15) is 19.4 Å². The summed E-state index contributed by atoms with van der Waals surface area (Å²) >= 11 is 3.01. The van der Waals surface area contributed by atoms with Crippen LogP contribution in [-0.2, 0) is 99.5 Å². The Kier molecular flexibility index (Phi) is 26.9. The van der Waals surface area contributed by atoms with Crippen LogP contribution in [0.2, 0.25) is 0 Å². The number of ether oxygens (including phenoxy) is 3. The number of phosphoric ester groups is 3. The molecule has 0 radical (unpaired) electrons. The molecule has 24 N–H and O–H groups in total. The lowest BCUT2D eigenvalue weighted by Gasteiger charge is -2.22. The second kappa shape index (κ2) is 30.3. The number of nitrogens with two attached hydrogens (primary N) is 3. The number of carbonyl (C=O) groups excluding carboxylic acids is 2. The van der Waals surface area contributed by atoms with Crippen LogP contribution in [0.3, 0.4) is 0 Å². The molecule has 19 atom stereocenters. The number of hydrazine groups is 1. The van der Waals surface area contributed by atoms with Crippen LogP contribution in [0.15, 0.2) is 32.5 Å². The van der Waals surface area contributed by atoms with E-state index in [0.717, 1.165) is 27.7 Å². The fraction of sp³-hybridized carbons (Fsp3) is 0.607. The number of carbonyl (C=O) groups is 2. The number of imide groups is 1. The fourth-order valence-electron chi connectivity index (χ4n) is 6.96. The average Bonchev–Trinajstić information content (AvgIpc) is 1.62. The topological polar surface area (TPSA) is 817 Å². The Morgan fingerprint density at radius 2 is 0.889 bits per heavy atom. The summed E-state index contributed by atoms with van der Waals surface area (Å²) in [7, 11) is -50.3. The third-order valence-electron chi connectivity index (χ3n) is 10.5. The summed E-state index contributed by atoms with van der Waals surface area (Å²) < 4.78 is 153. The lowest BCUT2D eigenvalue weighted by molar-refractivity contribution is -0.542. The molecular weight excluding hydrogens is 1510 g/mol. The number of aliphatic hydroxyl groups excluding tert-OH is 6. The number of hydrogen-bond acceptors (Lipinski definition) is 36. The van der Waals surface area contributed by atoms with E-state index in [9.17, 15) is 106 Å². The number of halogens is 1. The maximum atomic E-state index is 12.1. The van der Waals surface area contributed by atoms with Crippen molar-refractivity contribution in [2.75, 3.05) is 31.3 Å². The zero-order valence-corrected chi connectivity index (χ0v) is 53.1. The van der Waals surface area contributed by atoms with Crippen LogP contribution in [0.5, 0.6) is 0 Å². The number of amides is 3. The molecular formula is C28H50BrN9O43P9+. The molecule has 2 aromatic rings. The molecule has 3 fully saturated rings. The van der Waals surface area contributed by atoms with Crippen LogP contribution in [0.4, 0.5) is 16.4 Å². The summed E-state index contributed by atoms with van der Waals surface area (Å²) in [4.78, 5) is 161. The van der Waals surface area contributed by atoms with E-state index in [1.807, 2.05) is 0 Å². The van der Waals surface area contributed by atoms with Gasteiger partial charge in [0.25, 0.3) is 0 Å². The zero-order valence-electron chi connectivity index (χ0n) is 43.5. The lowest BCUT2D eigenvalue weighted by Crippen LogP contribution is -2.58. The van der Waals surface area contributed by atoms with E-state index in [2.05, 4.69) is 65.3 Å². The Morgan fingerprint density at radius 3 is 1.27 bits per heavy atom. The van der Waals surface area contributed by atoms with E-state index in [0.29, 0.717) is 4.58 Å². The van der Waals surface area contributed by atoms with Crippen molar-refractivity contribution >= 4 is 116 Å². The van der Waals surface area contributed by atoms with E-state index in [4.69, 9.17) is 75.6 Å². The molecule has 0 bridgehead atoms. The first kappa shape index (κ1) is 79.9. The van der Waals surface area contributed by atoms with Crippen LogP contribution in [0, 0.1) is 5.92 Å². The van der Waals surface area contributed by atoms with E-state index in [1.54, 1.807) is 0 Å². The summed E-state index contributed by atoms with van der Waals surface area (Å²) in [6, 6.07) is 0.0939. The Labute approximate surface area is 504 Å². The van der Waals surface area contributed by atoms with Gasteiger partial charge in [0, 0.05) is 12.4 Å².